The van der Waals surface area contributed by atoms with Crippen LogP contribution in [0.5, 0.6) is 0 Å². The van der Waals surface area contributed by atoms with Crippen molar-refractivity contribution in [3.63, 3.8) is 0 Å². The molecule has 1 aliphatic carbocycles. The van der Waals surface area contributed by atoms with E-state index in [1.54, 1.807) is 0 Å². The quantitative estimate of drug-likeness (QED) is 0.718. The Hall–Kier alpha value is -0.0800. The van der Waals surface area contributed by atoms with Gasteiger partial charge in [0.1, 0.15) is 0 Å². The number of nitrogens with two attached hydrogens (primary N) is 1. The predicted molar refractivity (Wildman–Crippen MR) is 57.6 cm³/mol. The number of rotatable bonds is 4. The number of nitrogens with zero attached hydrogens (tertiary/aromatic N) is 1. The van der Waals surface area contributed by atoms with Crippen LogP contribution < -0.4 is 5.73 Å². The van der Waals surface area contributed by atoms with Crippen LogP contribution >= 0.6 is 0 Å². The molecule has 0 atom stereocenters. The molecule has 1 rings (SSSR count). The molecule has 13 heavy (non-hydrogen) atoms. The first kappa shape index (κ1) is 11.0. The number of hydrogen-bond acceptors (Lipinski definition) is 2. The van der Waals surface area contributed by atoms with Crippen LogP contribution in [-0.2, 0) is 0 Å². The zero-order chi connectivity index (χ0) is 10.3. The summed E-state index contributed by atoms with van der Waals surface area (Å²) in [7, 11) is 2.16. The fourth-order valence-electron chi connectivity index (χ4n) is 2.41. The third-order valence-corrected chi connectivity index (χ3v) is 4.32. The van der Waals surface area contributed by atoms with Crippen LogP contribution in [-0.4, -0.2) is 31.6 Å². The second-order valence-electron chi connectivity index (χ2n) is 5.55. The molecule has 0 amide bonds. The van der Waals surface area contributed by atoms with Crippen molar-refractivity contribution in [3.05, 3.63) is 0 Å². The van der Waals surface area contributed by atoms with Crippen LogP contribution in [0.4, 0.5) is 0 Å². The normalized spacial score (nSPS) is 25.2. The molecule has 0 unspecified atom stereocenters. The SMILES string of the molecule is CN(CCN)CC1C(C)(C)C1(C)C. The zero-order valence-corrected chi connectivity index (χ0v) is 9.72. The van der Waals surface area contributed by atoms with Crippen molar-refractivity contribution in [1.29, 1.82) is 0 Å². The molecule has 2 heteroatoms. The second kappa shape index (κ2) is 3.25. The van der Waals surface area contributed by atoms with Crippen molar-refractivity contribution >= 4 is 0 Å². The average molecular weight is 184 g/mol. The summed E-state index contributed by atoms with van der Waals surface area (Å²) in [6, 6.07) is 0. The third-order valence-electron chi connectivity index (χ3n) is 4.32. The lowest BCUT2D eigenvalue weighted by Crippen LogP contribution is -2.28. The van der Waals surface area contributed by atoms with E-state index in [9.17, 15) is 0 Å². The van der Waals surface area contributed by atoms with E-state index in [-0.39, 0.29) is 0 Å². The molecule has 2 nitrogen and oxygen atoms in total. The predicted octanol–water partition coefficient (Wildman–Crippen LogP) is 1.56. The van der Waals surface area contributed by atoms with Gasteiger partial charge in [-0.25, -0.2) is 0 Å². The van der Waals surface area contributed by atoms with Crippen LogP contribution in [0.15, 0.2) is 0 Å². The largest absolute Gasteiger partial charge is 0.329 e. The lowest BCUT2D eigenvalue weighted by Gasteiger charge is -2.16. The molecule has 1 fully saturated rings. The summed E-state index contributed by atoms with van der Waals surface area (Å²) in [6.45, 7) is 12.5. The summed E-state index contributed by atoms with van der Waals surface area (Å²) in [4.78, 5) is 2.35. The summed E-state index contributed by atoms with van der Waals surface area (Å²) in [5, 5.41) is 0. The summed E-state index contributed by atoms with van der Waals surface area (Å²) < 4.78 is 0. The summed E-state index contributed by atoms with van der Waals surface area (Å²) >= 11 is 0. The number of likely N-dealkylation sites (N-methyl/N-ethyl adjacent to an activating group) is 1. The highest BCUT2D eigenvalue weighted by Crippen LogP contribution is 2.68. The molecule has 1 aliphatic rings. The van der Waals surface area contributed by atoms with E-state index in [0.29, 0.717) is 10.8 Å². The van der Waals surface area contributed by atoms with E-state index < -0.39 is 0 Å². The maximum absolute atomic E-state index is 5.52. The first-order chi connectivity index (χ1) is 5.84. The average Bonchev–Trinajstić information content (AvgIpc) is 2.33. The van der Waals surface area contributed by atoms with Gasteiger partial charge in [-0.15, -0.1) is 0 Å². The standard InChI is InChI=1S/C11H24N2/c1-10(2)9(11(10,3)4)8-13(5)7-6-12/h9H,6-8,12H2,1-5H3. The maximum Gasteiger partial charge on any atom is 0.0102 e. The fraction of sp³-hybridized carbons (Fsp3) is 1.00. The van der Waals surface area contributed by atoms with Crippen molar-refractivity contribution in [1.82, 2.24) is 4.90 Å². The summed E-state index contributed by atoms with van der Waals surface area (Å²) in [5.74, 6) is 0.830. The molecule has 0 bridgehead atoms. The van der Waals surface area contributed by atoms with Crippen LogP contribution in [0.1, 0.15) is 27.7 Å². The smallest absolute Gasteiger partial charge is 0.0102 e. The first-order valence-corrected chi connectivity index (χ1v) is 5.22. The molecule has 0 aromatic carbocycles. The minimum atomic E-state index is 0.510. The Balaban J connectivity index is 2.41. The van der Waals surface area contributed by atoms with Crippen LogP contribution in [0.2, 0.25) is 0 Å². The molecular weight excluding hydrogens is 160 g/mol. The van der Waals surface area contributed by atoms with Gasteiger partial charge in [0, 0.05) is 19.6 Å². The minimum Gasteiger partial charge on any atom is -0.329 e. The van der Waals surface area contributed by atoms with Crippen LogP contribution in [0.3, 0.4) is 0 Å². The van der Waals surface area contributed by atoms with Crippen molar-refractivity contribution in [2.24, 2.45) is 22.5 Å². The molecule has 0 aromatic rings. The van der Waals surface area contributed by atoms with Crippen molar-refractivity contribution in [2.75, 3.05) is 26.7 Å². The monoisotopic (exact) mass is 184 g/mol. The molecule has 0 heterocycles. The van der Waals surface area contributed by atoms with Gasteiger partial charge in [0.05, 0.1) is 0 Å². The highest BCUT2D eigenvalue weighted by atomic mass is 15.1. The Morgan fingerprint density at radius 1 is 1.15 bits per heavy atom. The van der Waals surface area contributed by atoms with Crippen LogP contribution in [0.25, 0.3) is 0 Å². The third kappa shape index (κ3) is 1.75. The van der Waals surface area contributed by atoms with Gasteiger partial charge >= 0.3 is 0 Å². The Morgan fingerprint density at radius 3 is 1.92 bits per heavy atom. The van der Waals surface area contributed by atoms with E-state index in [2.05, 4.69) is 39.6 Å². The fourth-order valence-corrected chi connectivity index (χ4v) is 2.41. The lowest BCUT2D eigenvalue weighted by atomic mass is 10.0. The zero-order valence-electron chi connectivity index (χ0n) is 9.72. The van der Waals surface area contributed by atoms with E-state index in [1.807, 2.05) is 0 Å². The maximum atomic E-state index is 5.52. The van der Waals surface area contributed by atoms with E-state index in [0.717, 1.165) is 19.0 Å². The highest BCUT2D eigenvalue weighted by Gasteiger charge is 2.64. The highest BCUT2D eigenvalue weighted by molar-refractivity contribution is 5.12. The van der Waals surface area contributed by atoms with Gasteiger partial charge < -0.3 is 10.6 Å². The van der Waals surface area contributed by atoms with Gasteiger partial charge in [0.15, 0.2) is 0 Å². The molecule has 0 spiro atoms. The first-order valence-electron chi connectivity index (χ1n) is 5.22. The van der Waals surface area contributed by atoms with Gasteiger partial charge in [-0.05, 0) is 23.8 Å². The topological polar surface area (TPSA) is 29.3 Å². The summed E-state index contributed by atoms with van der Waals surface area (Å²) in [5.41, 5.74) is 6.54. The van der Waals surface area contributed by atoms with Gasteiger partial charge in [-0.1, -0.05) is 27.7 Å². The van der Waals surface area contributed by atoms with Crippen LogP contribution in [0, 0.1) is 16.7 Å². The molecule has 2 N–H and O–H groups in total. The molecule has 78 valence electrons. The molecule has 0 aromatic heterocycles. The second-order valence-corrected chi connectivity index (χ2v) is 5.55. The minimum absolute atomic E-state index is 0.510. The molecule has 0 radical (unpaired) electrons. The molecule has 1 saturated carbocycles. The molecule has 0 saturated heterocycles. The molecular formula is C11H24N2. The Bertz CT molecular complexity index is 171. The van der Waals surface area contributed by atoms with Gasteiger partial charge in [-0.3, -0.25) is 0 Å². The number of hydrogen-bond donors (Lipinski definition) is 1. The van der Waals surface area contributed by atoms with Crippen molar-refractivity contribution in [3.8, 4) is 0 Å². The van der Waals surface area contributed by atoms with E-state index in [4.69, 9.17) is 5.73 Å². The van der Waals surface area contributed by atoms with Gasteiger partial charge in [0.2, 0.25) is 0 Å². The Labute approximate surface area is 82.5 Å². The Kier molecular flexibility index (Phi) is 2.75. The lowest BCUT2D eigenvalue weighted by molar-refractivity contribution is 0.304. The van der Waals surface area contributed by atoms with Gasteiger partial charge in [0.25, 0.3) is 0 Å². The Morgan fingerprint density at radius 2 is 1.62 bits per heavy atom. The van der Waals surface area contributed by atoms with Gasteiger partial charge in [-0.2, -0.15) is 0 Å². The summed E-state index contributed by atoms with van der Waals surface area (Å²) in [6.07, 6.45) is 0. The molecule has 0 aliphatic heterocycles. The van der Waals surface area contributed by atoms with E-state index in [1.165, 1.54) is 6.54 Å². The van der Waals surface area contributed by atoms with Crippen molar-refractivity contribution in [2.45, 2.75) is 27.7 Å². The van der Waals surface area contributed by atoms with E-state index >= 15 is 0 Å². The van der Waals surface area contributed by atoms with Crippen molar-refractivity contribution < 1.29 is 0 Å².